The molecule has 16 heavy (non-hydrogen) atoms. The van der Waals surface area contributed by atoms with Gasteiger partial charge < -0.3 is 11.1 Å². The molecule has 1 aromatic carbocycles. The Balaban J connectivity index is 2.76. The Labute approximate surface area is 98.8 Å². The molecule has 88 valence electrons. The summed E-state index contributed by atoms with van der Waals surface area (Å²) in [6.07, 6.45) is 0.644. The molecule has 3 N–H and O–H groups in total. The lowest BCUT2D eigenvalue weighted by Gasteiger charge is -2.12. The Kier molecular flexibility index (Phi) is 4.71. The van der Waals surface area contributed by atoms with Crippen LogP contribution >= 0.6 is 11.6 Å². The van der Waals surface area contributed by atoms with Crippen LogP contribution in [0.3, 0.4) is 0 Å². The SMILES string of the molecule is CCC(CN)C(=O)Nc1cc(F)cc(Cl)c1. The molecule has 1 unspecified atom stereocenters. The molecule has 0 radical (unpaired) electrons. The number of rotatable bonds is 4. The minimum atomic E-state index is -0.483. The second-order valence-corrected chi connectivity index (χ2v) is 3.92. The number of nitrogens with two attached hydrogens (primary N) is 1. The van der Waals surface area contributed by atoms with Crippen LogP contribution in [0.25, 0.3) is 0 Å². The van der Waals surface area contributed by atoms with Gasteiger partial charge in [0.25, 0.3) is 0 Å². The van der Waals surface area contributed by atoms with Crippen molar-refractivity contribution in [1.82, 2.24) is 0 Å². The van der Waals surface area contributed by atoms with Crippen LogP contribution in [0, 0.1) is 11.7 Å². The van der Waals surface area contributed by atoms with E-state index in [2.05, 4.69) is 5.32 Å². The summed E-state index contributed by atoms with van der Waals surface area (Å²) in [6.45, 7) is 2.14. The van der Waals surface area contributed by atoms with Gasteiger partial charge in [0.2, 0.25) is 5.91 Å². The van der Waals surface area contributed by atoms with Crippen molar-refractivity contribution >= 4 is 23.2 Å². The Bertz CT molecular complexity index is 360. The third-order valence-corrected chi connectivity index (χ3v) is 2.50. The van der Waals surface area contributed by atoms with Crippen LogP contribution < -0.4 is 11.1 Å². The molecule has 1 rings (SSSR count). The van der Waals surface area contributed by atoms with Crippen LogP contribution in [0.4, 0.5) is 10.1 Å². The number of carbonyl (C=O) groups excluding carboxylic acids is 1. The minimum Gasteiger partial charge on any atom is -0.330 e. The molecule has 3 nitrogen and oxygen atoms in total. The number of hydrogen-bond acceptors (Lipinski definition) is 2. The standard InChI is InChI=1S/C11H14ClFN2O/c1-2-7(6-14)11(16)15-10-4-8(12)3-9(13)5-10/h3-5,7H,2,6,14H2,1H3,(H,15,16). The molecule has 0 aromatic heterocycles. The van der Waals surface area contributed by atoms with Gasteiger partial charge in [-0.05, 0) is 24.6 Å². The number of amides is 1. The van der Waals surface area contributed by atoms with E-state index >= 15 is 0 Å². The monoisotopic (exact) mass is 244 g/mol. The summed E-state index contributed by atoms with van der Waals surface area (Å²) in [6, 6.07) is 3.89. The molecule has 0 fully saturated rings. The van der Waals surface area contributed by atoms with E-state index in [1.165, 1.54) is 18.2 Å². The van der Waals surface area contributed by atoms with Gasteiger partial charge >= 0.3 is 0 Å². The minimum absolute atomic E-state index is 0.216. The summed E-state index contributed by atoms with van der Waals surface area (Å²) < 4.78 is 13.0. The maximum atomic E-state index is 13.0. The summed E-state index contributed by atoms with van der Waals surface area (Å²) >= 11 is 5.66. The number of halogens is 2. The molecule has 1 amide bonds. The lowest BCUT2D eigenvalue weighted by molar-refractivity contribution is -0.119. The summed E-state index contributed by atoms with van der Waals surface area (Å²) in [4.78, 5) is 11.6. The first-order valence-electron chi connectivity index (χ1n) is 5.03. The van der Waals surface area contributed by atoms with Crippen molar-refractivity contribution in [3.8, 4) is 0 Å². The molecular formula is C11H14ClFN2O. The summed E-state index contributed by atoms with van der Waals surface area (Å²) in [7, 11) is 0. The third-order valence-electron chi connectivity index (χ3n) is 2.28. The first-order chi connectivity index (χ1) is 7.56. The average molecular weight is 245 g/mol. The highest BCUT2D eigenvalue weighted by molar-refractivity contribution is 6.30. The first kappa shape index (κ1) is 12.9. The molecule has 0 heterocycles. The number of anilines is 1. The second kappa shape index (κ2) is 5.82. The Morgan fingerprint density at radius 2 is 2.25 bits per heavy atom. The van der Waals surface area contributed by atoms with Crippen LogP contribution in [0.2, 0.25) is 5.02 Å². The summed E-state index contributed by atoms with van der Waals surface area (Å²) in [5.41, 5.74) is 5.79. The van der Waals surface area contributed by atoms with Crippen molar-refractivity contribution in [1.29, 1.82) is 0 Å². The van der Waals surface area contributed by atoms with Crippen molar-refractivity contribution < 1.29 is 9.18 Å². The van der Waals surface area contributed by atoms with Gasteiger partial charge in [-0.3, -0.25) is 4.79 Å². The third kappa shape index (κ3) is 3.47. The van der Waals surface area contributed by atoms with E-state index in [1.807, 2.05) is 6.92 Å². The zero-order valence-corrected chi connectivity index (χ0v) is 9.72. The molecule has 0 saturated carbocycles. The second-order valence-electron chi connectivity index (χ2n) is 3.49. The smallest absolute Gasteiger partial charge is 0.228 e. The highest BCUT2D eigenvalue weighted by atomic mass is 35.5. The van der Waals surface area contributed by atoms with Gasteiger partial charge in [0.1, 0.15) is 5.82 Å². The van der Waals surface area contributed by atoms with Crippen molar-refractivity contribution in [2.75, 3.05) is 11.9 Å². The molecule has 0 bridgehead atoms. The molecular weight excluding hydrogens is 231 g/mol. The van der Waals surface area contributed by atoms with Gasteiger partial charge in [-0.25, -0.2) is 4.39 Å². The predicted molar refractivity (Wildman–Crippen MR) is 62.9 cm³/mol. The van der Waals surface area contributed by atoms with Gasteiger partial charge in [-0.1, -0.05) is 18.5 Å². The Hall–Kier alpha value is -1.13. The maximum Gasteiger partial charge on any atom is 0.228 e. The van der Waals surface area contributed by atoms with Crippen LogP contribution in [0.15, 0.2) is 18.2 Å². The highest BCUT2D eigenvalue weighted by Crippen LogP contribution is 2.18. The van der Waals surface area contributed by atoms with Crippen LogP contribution in [0.1, 0.15) is 13.3 Å². The fourth-order valence-corrected chi connectivity index (χ4v) is 1.55. The highest BCUT2D eigenvalue weighted by Gasteiger charge is 2.14. The quantitative estimate of drug-likeness (QED) is 0.855. The fourth-order valence-electron chi connectivity index (χ4n) is 1.33. The van der Waals surface area contributed by atoms with E-state index in [0.717, 1.165) is 0 Å². The zero-order chi connectivity index (χ0) is 12.1. The molecule has 5 heteroatoms. The van der Waals surface area contributed by atoms with Crippen molar-refractivity contribution in [2.45, 2.75) is 13.3 Å². The van der Waals surface area contributed by atoms with Gasteiger partial charge in [-0.2, -0.15) is 0 Å². The van der Waals surface area contributed by atoms with Gasteiger partial charge in [0.05, 0.1) is 5.92 Å². The molecule has 0 spiro atoms. The predicted octanol–water partition coefficient (Wildman–Crippen LogP) is 2.40. The van der Waals surface area contributed by atoms with Gasteiger partial charge in [-0.15, -0.1) is 0 Å². The Morgan fingerprint density at radius 3 is 2.75 bits per heavy atom. The van der Waals surface area contributed by atoms with E-state index in [9.17, 15) is 9.18 Å². The van der Waals surface area contributed by atoms with Gasteiger partial charge in [0, 0.05) is 17.3 Å². The largest absolute Gasteiger partial charge is 0.330 e. The zero-order valence-electron chi connectivity index (χ0n) is 8.97. The average Bonchev–Trinajstić information content (AvgIpc) is 2.17. The van der Waals surface area contributed by atoms with Gasteiger partial charge in [0.15, 0.2) is 0 Å². The van der Waals surface area contributed by atoms with E-state index in [1.54, 1.807) is 0 Å². The first-order valence-corrected chi connectivity index (χ1v) is 5.41. The molecule has 0 aliphatic carbocycles. The van der Waals surface area contributed by atoms with Crippen molar-refractivity contribution in [3.63, 3.8) is 0 Å². The number of benzene rings is 1. The molecule has 0 aliphatic rings. The number of nitrogens with one attached hydrogen (secondary N) is 1. The fraction of sp³-hybridized carbons (Fsp3) is 0.364. The Morgan fingerprint density at radius 1 is 1.56 bits per heavy atom. The lowest BCUT2D eigenvalue weighted by atomic mass is 10.1. The van der Waals surface area contributed by atoms with Crippen LogP contribution in [-0.2, 0) is 4.79 Å². The number of hydrogen-bond donors (Lipinski definition) is 2. The van der Waals surface area contributed by atoms with E-state index in [-0.39, 0.29) is 23.4 Å². The molecule has 0 aliphatic heterocycles. The van der Waals surface area contributed by atoms with Crippen molar-refractivity contribution in [2.24, 2.45) is 11.7 Å². The van der Waals surface area contributed by atoms with Crippen molar-refractivity contribution in [3.05, 3.63) is 29.0 Å². The van der Waals surface area contributed by atoms with E-state index in [0.29, 0.717) is 12.1 Å². The molecule has 0 saturated heterocycles. The maximum absolute atomic E-state index is 13.0. The van der Waals surface area contributed by atoms with Crippen LogP contribution in [-0.4, -0.2) is 12.5 Å². The van der Waals surface area contributed by atoms with E-state index < -0.39 is 5.82 Å². The normalized spacial score (nSPS) is 12.2. The lowest BCUT2D eigenvalue weighted by Crippen LogP contribution is -2.28. The summed E-state index contributed by atoms with van der Waals surface area (Å²) in [5, 5.41) is 2.83. The summed E-state index contributed by atoms with van der Waals surface area (Å²) in [5.74, 6) is -0.961. The van der Waals surface area contributed by atoms with E-state index in [4.69, 9.17) is 17.3 Å². The molecule has 1 atom stereocenters. The molecule has 1 aromatic rings. The number of carbonyl (C=O) groups is 1. The van der Waals surface area contributed by atoms with Crippen LogP contribution in [0.5, 0.6) is 0 Å². The topological polar surface area (TPSA) is 55.1 Å².